The summed E-state index contributed by atoms with van der Waals surface area (Å²) in [7, 11) is 1.96. The first kappa shape index (κ1) is 29.1. The molecule has 0 aliphatic heterocycles. The number of ether oxygens (including phenoxy) is 2. The van der Waals surface area contributed by atoms with E-state index in [9.17, 15) is 18.0 Å². The van der Waals surface area contributed by atoms with Gasteiger partial charge >= 0.3 is 5.97 Å². The van der Waals surface area contributed by atoms with Crippen LogP contribution in [-0.2, 0) is 35.8 Å². The van der Waals surface area contributed by atoms with Crippen molar-refractivity contribution in [2.45, 2.75) is 50.3 Å². The number of nitrogens with one attached hydrogen (secondary N) is 1. The number of sulfonamides is 1. The van der Waals surface area contributed by atoms with Crippen molar-refractivity contribution in [3.63, 3.8) is 0 Å². The Balaban J connectivity index is 2.42. The molecule has 1 N–H and O–H groups in total. The third-order valence-electron chi connectivity index (χ3n) is 4.96. The van der Waals surface area contributed by atoms with E-state index < -0.39 is 40.0 Å². The zero-order valence-corrected chi connectivity index (χ0v) is 22.6. The molecule has 10 nitrogen and oxygen atoms in total. The number of rotatable bonds is 11. The third-order valence-corrected chi connectivity index (χ3v) is 6.47. The summed E-state index contributed by atoms with van der Waals surface area (Å²) < 4.78 is 40.6. The summed E-state index contributed by atoms with van der Waals surface area (Å²) in [5.41, 5.74) is 0.676. The van der Waals surface area contributed by atoms with Gasteiger partial charge in [0, 0.05) is 32.9 Å². The van der Waals surface area contributed by atoms with Crippen LogP contribution < -0.4 is 14.4 Å². The smallest absolute Gasteiger partial charge is 0.325 e. The first-order chi connectivity index (χ1) is 16.7. The molecule has 0 spiro atoms. The highest BCUT2D eigenvalue weighted by Crippen LogP contribution is 2.30. The molecule has 0 aliphatic carbocycles. The Morgan fingerprint density at radius 2 is 1.67 bits per heavy atom. The topological polar surface area (TPSA) is 114 Å². The third kappa shape index (κ3) is 8.51. The normalized spacial score (nSPS) is 12.5. The monoisotopic (exact) mass is 521 g/mol. The van der Waals surface area contributed by atoms with E-state index in [2.05, 4.69) is 4.72 Å². The minimum atomic E-state index is -4.32. The Kier molecular flexibility index (Phi) is 9.85. The molecule has 0 unspecified atom stereocenters. The first-order valence-electron chi connectivity index (χ1n) is 11.3. The van der Waals surface area contributed by atoms with Gasteiger partial charge in [-0.25, -0.2) is 13.5 Å². The Morgan fingerprint density at radius 3 is 2.22 bits per heavy atom. The fourth-order valence-electron chi connectivity index (χ4n) is 3.05. The van der Waals surface area contributed by atoms with Crippen molar-refractivity contribution >= 4 is 27.6 Å². The van der Waals surface area contributed by atoms with Crippen molar-refractivity contribution < 1.29 is 32.3 Å². The molecule has 36 heavy (non-hydrogen) atoms. The lowest BCUT2D eigenvalue weighted by atomic mass is 10.1. The van der Waals surface area contributed by atoms with Gasteiger partial charge in [-0.05, 0) is 38.5 Å². The maximum absolute atomic E-state index is 13.5. The lowest BCUT2D eigenvalue weighted by Gasteiger charge is -2.25. The number of hydrogen-bond donors (Lipinski definition) is 1. The van der Waals surface area contributed by atoms with Gasteiger partial charge in [0.2, 0.25) is 15.9 Å². The average molecular weight is 522 g/mol. The van der Waals surface area contributed by atoms with E-state index in [0.29, 0.717) is 0 Å². The Hall–Kier alpha value is -3.15. The van der Waals surface area contributed by atoms with Gasteiger partial charge in [0.15, 0.2) is 0 Å². The second-order valence-electron chi connectivity index (χ2n) is 9.28. The van der Waals surface area contributed by atoms with Crippen LogP contribution in [-0.4, -0.2) is 65.3 Å². The van der Waals surface area contributed by atoms with E-state index in [1.54, 1.807) is 32.9 Å². The Bertz CT molecular complexity index is 1150. The predicted molar refractivity (Wildman–Crippen MR) is 136 cm³/mol. The van der Waals surface area contributed by atoms with Crippen LogP contribution in [0, 0.1) is 0 Å². The van der Waals surface area contributed by atoms with Crippen LogP contribution in [0.5, 0.6) is 5.75 Å². The van der Waals surface area contributed by atoms with E-state index in [1.165, 1.54) is 20.2 Å². The minimum absolute atomic E-state index is 0.0980. The molecule has 11 heteroatoms. The lowest BCUT2D eigenvalue weighted by Crippen LogP contribution is -2.46. The highest BCUT2D eigenvalue weighted by molar-refractivity contribution is 7.89. The van der Waals surface area contributed by atoms with Gasteiger partial charge in [-0.1, -0.05) is 30.3 Å². The van der Waals surface area contributed by atoms with Gasteiger partial charge in [0.25, 0.3) is 0 Å². The molecule has 1 amide bonds. The number of anilines is 1. The summed E-state index contributed by atoms with van der Waals surface area (Å²) in [6, 6.07) is 12.4. The van der Waals surface area contributed by atoms with Crippen LogP contribution in [0.3, 0.4) is 0 Å². The van der Waals surface area contributed by atoms with Crippen LogP contribution in [0.2, 0.25) is 0 Å². The molecule has 0 heterocycles. The van der Waals surface area contributed by atoms with Gasteiger partial charge in [-0.15, -0.1) is 0 Å². The van der Waals surface area contributed by atoms with Gasteiger partial charge in [0.05, 0.1) is 13.5 Å². The molecular weight excluding hydrogens is 486 g/mol. The van der Waals surface area contributed by atoms with Gasteiger partial charge in [-0.3, -0.25) is 14.4 Å². The van der Waals surface area contributed by atoms with E-state index in [1.807, 2.05) is 49.3 Å². The maximum atomic E-state index is 13.5. The molecule has 0 saturated carbocycles. The van der Waals surface area contributed by atoms with Crippen LogP contribution >= 0.6 is 0 Å². The Labute approximate surface area is 213 Å². The number of carbonyl (C=O) groups is 2. The number of amides is 1. The highest BCUT2D eigenvalue weighted by Gasteiger charge is 2.34. The number of benzene rings is 2. The average Bonchev–Trinajstić information content (AvgIpc) is 2.80. The quantitative estimate of drug-likeness (QED) is 0.355. The molecule has 0 aliphatic rings. The maximum Gasteiger partial charge on any atom is 0.325 e. The standard InChI is InChI=1S/C25H35N3O7S/c1-25(2,3)35-24(30)20(16-23(29)28(6)33-7)26-36(31,32)22-14-13-19(27(4)5)15-21(22)34-17-18-11-9-8-10-12-18/h8-15,20,26H,16-17H2,1-7H3/t20-/m0/s1. The van der Waals surface area contributed by atoms with E-state index in [4.69, 9.17) is 14.3 Å². The zero-order chi connectivity index (χ0) is 27.1. The van der Waals surface area contributed by atoms with E-state index in [0.717, 1.165) is 16.3 Å². The minimum Gasteiger partial charge on any atom is -0.487 e. The molecule has 0 aromatic heterocycles. The van der Waals surface area contributed by atoms with Crippen molar-refractivity contribution in [1.29, 1.82) is 0 Å². The van der Waals surface area contributed by atoms with Gasteiger partial charge < -0.3 is 14.4 Å². The molecule has 0 fully saturated rings. The van der Waals surface area contributed by atoms with Gasteiger partial charge in [0.1, 0.15) is 28.9 Å². The van der Waals surface area contributed by atoms with Crippen LogP contribution in [0.25, 0.3) is 0 Å². The molecular formula is C25H35N3O7S. The molecule has 2 aromatic rings. The number of nitrogens with zero attached hydrogens (tertiary/aromatic N) is 2. The molecule has 0 bridgehead atoms. The highest BCUT2D eigenvalue weighted by atomic mass is 32.2. The number of hydrogen-bond acceptors (Lipinski definition) is 8. The molecule has 198 valence electrons. The second kappa shape index (κ2) is 12.2. The van der Waals surface area contributed by atoms with Crippen molar-refractivity contribution in [3.05, 3.63) is 54.1 Å². The lowest BCUT2D eigenvalue weighted by molar-refractivity contribution is -0.172. The number of hydroxylamine groups is 2. The molecule has 2 rings (SSSR count). The largest absolute Gasteiger partial charge is 0.487 e. The van der Waals surface area contributed by atoms with Crippen LogP contribution in [0.15, 0.2) is 53.4 Å². The zero-order valence-electron chi connectivity index (χ0n) is 21.8. The summed E-state index contributed by atoms with van der Waals surface area (Å²) in [5, 5.41) is 0.909. The summed E-state index contributed by atoms with van der Waals surface area (Å²) in [6.45, 7) is 5.08. The van der Waals surface area contributed by atoms with E-state index >= 15 is 0 Å². The van der Waals surface area contributed by atoms with Crippen LogP contribution in [0.1, 0.15) is 32.8 Å². The van der Waals surface area contributed by atoms with E-state index in [-0.39, 0.29) is 17.3 Å². The molecule has 1 atom stereocenters. The van der Waals surface area contributed by atoms with Crippen molar-refractivity contribution in [2.24, 2.45) is 0 Å². The fourth-order valence-corrected chi connectivity index (χ4v) is 4.36. The van der Waals surface area contributed by atoms with Crippen LogP contribution in [0.4, 0.5) is 5.69 Å². The van der Waals surface area contributed by atoms with Gasteiger partial charge in [-0.2, -0.15) is 4.72 Å². The predicted octanol–water partition coefficient (Wildman–Crippen LogP) is 2.73. The molecule has 0 saturated heterocycles. The van der Waals surface area contributed by atoms with Crippen molar-refractivity contribution in [2.75, 3.05) is 33.2 Å². The summed E-state index contributed by atoms with van der Waals surface area (Å²) in [6.07, 6.45) is -0.505. The van der Waals surface area contributed by atoms with Crippen molar-refractivity contribution in [3.8, 4) is 5.75 Å². The summed E-state index contributed by atoms with van der Waals surface area (Å²) in [5.74, 6) is -1.40. The summed E-state index contributed by atoms with van der Waals surface area (Å²) >= 11 is 0. The number of carbonyl (C=O) groups excluding carboxylic acids is 2. The fraction of sp³-hybridized carbons (Fsp3) is 0.440. The SMILES string of the molecule is CON(C)C(=O)C[C@H](NS(=O)(=O)c1ccc(N(C)C)cc1OCc1ccccc1)C(=O)OC(C)(C)C. The first-order valence-corrected chi connectivity index (χ1v) is 12.8. The molecule has 2 aromatic carbocycles. The molecule has 0 radical (unpaired) electrons. The Morgan fingerprint density at radius 1 is 1.03 bits per heavy atom. The van der Waals surface area contributed by atoms with Crippen molar-refractivity contribution in [1.82, 2.24) is 9.79 Å². The second-order valence-corrected chi connectivity index (χ2v) is 11.0. The summed E-state index contributed by atoms with van der Waals surface area (Å²) in [4.78, 5) is 31.8. The number of esters is 1.